The van der Waals surface area contributed by atoms with Gasteiger partial charge in [-0.1, -0.05) is 26.0 Å². The third-order valence-electron chi connectivity index (χ3n) is 2.79. The summed E-state index contributed by atoms with van der Waals surface area (Å²) in [5.74, 6) is -2.35. The molecule has 0 aliphatic rings. The Morgan fingerprint density at radius 3 is 2.29 bits per heavy atom. The van der Waals surface area contributed by atoms with Crippen molar-refractivity contribution in [1.29, 1.82) is 0 Å². The molecule has 0 saturated heterocycles. The van der Waals surface area contributed by atoms with Gasteiger partial charge in [-0.2, -0.15) is 13.2 Å². The summed E-state index contributed by atoms with van der Waals surface area (Å²) in [6, 6.07) is 3.04. The van der Waals surface area contributed by atoms with Crippen LogP contribution in [0.3, 0.4) is 0 Å². The van der Waals surface area contributed by atoms with E-state index in [9.17, 15) is 22.8 Å². The van der Waals surface area contributed by atoms with E-state index >= 15 is 0 Å². The molecule has 1 amide bonds. The van der Waals surface area contributed by atoms with Crippen LogP contribution >= 0.6 is 0 Å². The fourth-order valence-electron chi connectivity index (χ4n) is 1.86. The maximum Gasteiger partial charge on any atom is 0.417 e. The number of rotatable bonds is 5. The van der Waals surface area contributed by atoms with Crippen molar-refractivity contribution in [3.05, 3.63) is 35.4 Å². The molecule has 1 aromatic rings. The lowest BCUT2D eigenvalue weighted by molar-refractivity contribution is -0.139. The molecule has 0 heterocycles. The SMILES string of the molecule is CC(C)CC(NC(=O)c1ccccc1C(F)(F)F)C(=O)O. The van der Waals surface area contributed by atoms with E-state index in [1.54, 1.807) is 13.8 Å². The average Bonchev–Trinajstić information content (AvgIpc) is 2.36. The number of amides is 1. The fraction of sp³-hybridized carbons (Fsp3) is 0.429. The van der Waals surface area contributed by atoms with Crippen molar-refractivity contribution in [1.82, 2.24) is 5.32 Å². The Balaban J connectivity index is 3.01. The molecule has 116 valence electrons. The first-order valence-corrected chi connectivity index (χ1v) is 6.32. The summed E-state index contributed by atoms with van der Waals surface area (Å²) in [6.07, 6.45) is -4.54. The van der Waals surface area contributed by atoms with E-state index in [2.05, 4.69) is 5.32 Å². The van der Waals surface area contributed by atoms with Crippen molar-refractivity contribution in [2.75, 3.05) is 0 Å². The lowest BCUT2D eigenvalue weighted by atomic mass is 10.0. The molecule has 0 saturated carbocycles. The third-order valence-corrected chi connectivity index (χ3v) is 2.79. The lowest BCUT2D eigenvalue weighted by Crippen LogP contribution is -2.42. The number of carbonyl (C=O) groups is 2. The normalized spacial score (nSPS) is 13.0. The van der Waals surface area contributed by atoms with Crippen LogP contribution in [-0.4, -0.2) is 23.0 Å². The molecule has 1 atom stereocenters. The maximum absolute atomic E-state index is 12.8. The second-order valence-corrected chi connectivity index (χ2v) is 5.04. The van der Waals surface area contributed by atoms with Crippen molar-refractivity contribution >= 4 is 11.9 Å². The van der Waals surface area contributed by atoms with Crippen molar-refractivity contribution < 1.29 is 27.9 Å². The van der Waals surface area contributed by atoms with Gasteiger partial charge in [-0.25, -0.2) is 4.79 Å². The summed E-state index contributed by atoms with van der Waals surface area (Å²) in [5, 5.41) is 11.1. The minimum Gasteiger partial charge on any atom is -0.480 e. The molecule has 1 aromatic carbocycles. The zero-order chi connectivity index (χ0) is 16.2. The first kappa shape index (κ1) is 17.0. The second-order valence-electron chi connectivity index (χ2n) is 5.04. The van der Waals surface area contributed by atoms with Gasteiger partial charge in [-0.05, 0) is 24.5 Å². The Morgan fingerprint density at radius 1 is 1.24 bits per heavy atom. The van der Waals surface area contributed by atoms with Gasteiger partial charge in [0.2, 0.25) is 0 Å². The van der Waals surface area contributed by atoms with E-state index in [0.29, 0.717) is 0 Å². The number of carboxylic acids is 1. The standard InChI is InChI=1S/C14H16F3NO3/c1-8(2)7-11(13(20)21)18-12(19)9-5-3-4-6-10(9)14(15,16)17/h3-6,8,11H,7H2,1-2H3,(H,18,19)(H,20,21). The van der Waals surface area contributed by atoms with E-state index in [0.717, 1.165) is 12.1 Å². The van der Waals surface area contributed by atoms with E-state index in [1.807, 2.05) is 0 Å². The highest BCUT2D eigenvalue weighted by molar-refractivity contribution is 5.98. The molecule has 21 heavy (non-hydrogen) atoms. The Bertz CT molecular complexity index is 526. The summed E-state index contributed by atoms with van der Waals surface area (Å²) in [7, 11) is 0. The quantitative estimate of drug-likeness (QED) is 0.879. The topological polar surface area (TPSA) is 66.4 Å². The van der Waals surface area contributed by atoms with Crippen LogP contribution in [0.2, 0.25) is 0 Å². The molecule has 1 rings (SSSR count). The van der Waals surface area contributed by atoms with Crippen molar-refractivity contribution in [2.24, 2.45) is 5.92 Å². The van der Waals surface area contributed by atoms with Gasteiger partial charge in [0.1, 0.15) is 6.04 Å². The number of halogens is 3. The Morgan fingerprint density at radius 2 is 1.81 bits per heavy atom. The van der Waals surface area contributed by atoms with E-state index < -0.39 is 35.2 Å². The highest BCUT2D eigenvalue weighted by Gasteiger charge is 2.35. The summed E-state index contributed by atoms with van der Waals surface area (Å²) >= 11 is 0. The maximum atomic E-state index is 12.8. The van der Waals surface area contributed by atoms with Crippen LogP contribution in [0.25, 0.3) is 0 Å². The van der Waals surface area contributed by atoms with Gasteiger partial charge in [-0.3, -0.25) is 4.79 Å². The van der Waals surface area contributed by atoms with Gasteiger partial charge in [0.05, 0.1) is 11.1 Å². The smallest absolute Gasteiger partial charge is 0.417 e. The van der Waals surface area contributed by atoms with Gasteiger partial charge in [0, 0.05) is 0 Å². The van der Waals surface area contributed by atoms with Gasteiger partial charge in [-0.15, -0.1) is 0 Å². The van der Waals surface area contributed by atoms with Gasteiger partial charge in [0.25, 0.3) is 5.91 Å². The number of alkyl halides is 3. The number of nitrogens with one attached hydrogen (secondary N) is 1. The van der Waals surface area contributed by atoms with Crippen molar-refractivity contribution in [3.63, 3.8) is 0 Å². The van der Waals surface area contributed by atoms with E-state index in [4.69, 9.17) is 5.11 Å². The van der Waals surface area contributed by atoms with Crippen LogP contribution in [0.1, 0.15) is 36.2 Å². The number of carbonyl (C=O) groups excluding carboxylic acids is 1. The summed E-state index contributed by atoms with van der Waals surface area (Å²) in [5.41, 5.74) is -1.67. The highest BCUT2D eigenvalue weighted by Crippen LogP contribution is 2.31. The molecule has 0 spiro atoms. The molecule has 4 nitrogen and oxygen atoms in total. The number of carboxylic acid groups (broad SMARTS) is 1. The van der Waals surface area contributed by atoms with Crippen LogP contribution in [0, 0.1) is 5.92 Å². The molecule has 0 fully saturated rings. The molecule has 0 aliphatic carbocycles. The van der Waals surface area contributed by atoms with Crippen LogP contribution in [0.15, 0.2) is 24.3 Å². The molecule has 0 bridgehead atoms. The zero-order valence-electron chi connectivity index (χ0n) is 11.6. The summed E-state index contributed by atoms with van der Waals surface area (Å²) < 4.78 is 38.5. The van der Waals surface area contributed by atoms with Crippen molar-refractivity contribution in [3.8, 4) is 0 Å². The molecule has 0 radical (unpaired) electrons. The number of hydrogen-bond acceptors (Lipinski definition) is 2. The second kappa shape index (κ2) is 6.60. The number of benzene rings is 1. The van der Waals surface area contributed by atoms with Crippen LogP contribution < -0.4 is 5.32 Å². The molecule has 1 unspecified atom stereocenters. The fourth-order valence-corrected chi connectivity index (χ4v) is 1.86. The van der Waals surface area contributed by atoms with Gasteiger partial charge >= 0.3 is 12.1 Å². The Kier molecular flexibility index (Phi) is 5.34. The molecule has 7 heteroatoms. The predicted octanol–water partition coefficient (Wildman–Crippen LogP) is 2.93. The number of hydrogen-bond donors (Lipinski definition) is 2. The summed E-state index contributed by atoms with van der Waals surface area (Å²) in [6.45, 7) is 3.51. The molecular weight excluding hydrogens is 287 g/mol. The van der Waals surface area contributed by atoms with E-state index in [-0.39, 0.29) is 12.3 Å². The Hall–Kier alpha value is -2.05. The third kappa shape index (κ3) is 4.77. The van der Waals surface area contributed by atoms with Crippen LogP contribution in [0.4, 0.5) is 13.2 Å². The van der Waals surface area contributed by atoms with Gasteiger partial charge in [0.15, 0.2) is 0 Å². The summed E-state index contributed by atoms with van der Waals surface area (Å²) in [4.78, 5) is 23.0. The number of aliphatic carboxylic acids is 1. The minimum absolute atomic E-state index is 0.0238. The lowest BCUT2D eigenvalue weighted by Gasteiger charge is -2.18. The molecular formula is C14H16F3NO3. The monoisotopic (exact) mass is 303 g/mol. The zero-order valence-corrected chi connectivity index (χ0v) is 11.6. The first-order valence-electron chi connectivity index (χ1n) is 6.32. The Labute approximate surface area is 120 Å². The van der Waals surface area contributed by atoms with Crippen molar-refractivity contribution in [2.45, 2.75) is 32.5 Å². The predicted molar refractivity (Wildman–Crippen MR) is 69.8 cm³/mol. The first-order chi connectivity index (χ1) is 9.62. The van der Waals surface area contributed by atoms with Crippen LogP contribution in [-0.2, 0) is 11.0 Å². The van der Waals surface area contributed by atoms with Gasteiger partial charge < -0.3 is 10.4 Å². The highest BCUT2D eigenvalue weighted by atomic mass is 19.4. The molecule has 2 N–H and O–H groups in total. The molecule has 0 aliphatic heterocycles. The molecule has 0 aromatic heterocycles. The van der Waals surface area contributed by atoms with E-state index in [1.165, 1.54) is 12.1 Å². The average molecular weight is 303 g/mol. The largest absolute Gasteiger partial charge is 0.480 e. The minimum atomic E-state index is -4.68. The van der Waals surface area contributed by atoms with Crippen LogP contribution in [0.5, 0.6) is 0 Å².